The van der Waals surface area contributed by atoms with E-state index >= 15 is 0 Å². The number of benzene rings is 2. The standard InChI is InChI=1S/C8H9F.C8H16.C8H10.2C2H6/c1-6-3-4-7(2)8(9)5-6;2*1-7-3-5-8(2)6-4-7;2*1-2/h3-5H,1-2H3;7-8H,3-6H2,1-2H3;3-6H,1-2H3;2*1-2H3. The Labute approximate surface area is 182 Å². The van der Waals surface area contributed by atoms with Gasteiger partial charge in [-0.1, -0.05) is 115 Å². The van der Waals surface area contributed by atoms with Gasteiger partial charge in [0.25, 0.3) is 0 Å². The van der Waals surface area contributed by atoms with E-state index in [0.717, 1.165) is 17.4 Å². The zero-order chi connectivity index (χ0) is 22.8. The van der Waals surface area contributed by atoms with Crippen LogP contribution < -0.4 is 0 Å². The summed E-state index contributed by atoms with van der Waals surface area (Å²) in [5.41, 5.74) is 4.34. The molecule has 0 bridgehead atoms. The van der Waals surface area contributed by atoms with Gasteiger partial charge in [0.05, 0.1) is 0 Å². The van der Waals surface area contributed by atoms with Gasteiger partial charge in [-0.25, -0.2) is 4.39 Å². The van der Waals surface area contributed by atoms with E-state index in [4.69, 9.17) is 0 Å². The maximum atomic E-state index is 12.6. The summed E-state index contributed by atoms with van der Waals surface area (Å²) in [7, 11) is 0. The number of aryl methyl sites for hydroxylation is 4. The van der Waals surface area contributed by atoms with Crippen LogP contribution in [0.5, 0.6) is 0 Å². The quantitative estimate of drug-likeness (QED) is 0.411. The van der Waals surface area contributed by atoms with Crippen LogP contribution in [0.25, 0.3) is 0 Å². The van der Waals surface area contributed by atoms with Crippen LogP contribution in [-0.4, -0.2) is 0 Å². The Balaban J connectivity index is 0. The van der Waals surface area contributed by atoms with Crippen molar-refractivity contribution in [2.45, 2.75) is 94.9 Å². The molecular weight excluding hydrogens is 355 g/mol. The van der Waals surface area contributed by atoms with Gasteiger partial charge in [-0.05, 0) is 56.7 Å². The highest BCUT2D eigenvalue weighted by Crippen LogP contribution is 2.27. The van der Waals surface area contributed by atoms with Crippen LogP contribution in [0.4, 0.5) is 4.39 Å². The SMILES string of the molecule is CC.CC.CC1CCC(C)CC1.Cc1ccc(C)c(F)c1.Cc1ccc(C)cc1. The number of hydrogen-bond donors (Lipinski definition) is 0. The molecule has 29 heavy (non-hydrogen) atoms. The van der Waals surface area contributed by atoms with Crippen LogP contribution in [0.15, 0.2) is 42.5 Å². The largest absolute Gasteiger partial charge is 0.207 e. The molecule has 166 valence electrons. The molecule has 1 aliphatic carbocycles. The molecule has 2 aromatic carbocycles. The van der Waals surface area contributed by atoms with Crippen molar-refractivity contribution in [3.05, 3.63) is 70.5 Å². The topological polar surface area (TPSA) is 0 Å². The van der Waals surface area contributed by atoms with Crippen molar-refractivity contribution < 1.29 is 4.39 Å². The van der Waals surface area contributed by atoms with Crippen molar-refractivity contribution in [1.29, 1.82) is 0 Å². The summed E-state index contributed by atoms with van der Waals surface area (Å²) in [6.45, 7) is 20.6. The van der Waals surface area contributed by atoms with Crippen molar-refractivity contribution in [2.75, 3.05) is 0 Å². The maximum Gasteiger partial charge on any atom is 0.126 e. The predicted octanol–water partition coefficient (Wildman–Crippen LogP) is 9.63. The molecule has 1 saturated carbocycles. The second kappa shape index (κ2) is 18.4. The third-order valence-corrected chi connectivity index (χ3v) is 4.85. The first-order valence-corrected chi connectivity index (χ1v) is 11.5. The Kier molecular flexibility index (Phi) is 18.8. The van der Waals surface area contributed by atoms with E-state index in [1.54, 1.807) is 13.0 Å². The molecule has 2 aromatic rings. The molecule has 1 fully saturated rings. The molecule has 3 rings (SSSR count). The lowest BCUT2D eigenvalue weighted by molar-refractivity contribution is 0.308. The van der Waals surface area contributed by atoms with Crippen molar-refractivity contribution in [1.82, 2.24) is 0 Å². The lowest BCUT2D eigenvalue weighted by atomic mass is 9.84. The first-order chi connectivity index (χ1) is 13.8. The van der Waals surface area contributed by atoms with Gasteiger partial charge in [-0.15, -0.1) is 0 Å². The zero-order valence-corrected chi connectivity index (χ0v) is 20.9. The fourth-order valence-corrected chi connectivity index (χ4v) is 2.76. The Morgan fingerprint density at radius 1 is 0.586 bits per heavy atom. The first kappa shape index (κ1) is 29.6. The van der Waals surface area contributed by atoms with Crippen LogP contribution in [0, 0.1) is 45.3 Å². The van der Waals surface area contributed by atoms with E-state index in [1.807, 2.05) is 40.7 Å². The highest BCUT2D eigenvalue weighted by molar-refractivity contribution is 5.21. The number of hydrogen-bond acceptors (Lipinski definition) is 0. The third kappa shape index (κ3) is 15.9. The highest BCUT2D eigenvalue weighted by atomic mass is 19.1. The van der Waals surface area contributed by atoms with Gasteiger partial charge in [0.2, 0.25) is 0 Å². The first-order valence-electron chi connectivity index (χ1n) is 11.5. The van der Waals surface area contributed by atoms with Crippen molar-refractivity contribution >= 4 is 0 Å². The van der Waals surface area contributed by atoms with Crippen LogP contribution in [0.3, 0.4) is 0 Å². The lowest BCUT2D eigenvalue weighted by Gasteiger charge is -2.22. The Bertz CT molecular complexity index is 574. The molecule has 1 aliphatic rings. The van der Waals surface area contributed by atoms with Crippen molar-refractivity contribution in [2.24, 2.45) is 11.8 Å². The third-order valence-electron chi connectivity index (χ3n) is 4.85. The molecule has 0 aliphatic heterocycles. The Hall–Kier alpha value is -1.63. The smallest absolute Gasteiger partial charge is 0.126 e. The van der Waals surface area contributed by atoms with E-state index < -0.39 is 0 Å². The fourth-order valence-electron chi connectivity index (χ4n) is 2.76. The summed E-state index contributed by atoms with van der Waals surface area (Å²) >= 11 is 0. The van der Waals surface area contributed by atoms with Gasteiger partial charge in [0.15, 0.2) is 0 Å². The predicted molar refractivity (Wildman–Crippen MR) is 131 cm³/mol. The van der Waals surface area contributed by atoms with Crippen molar-refractivity contribution in [3.8, 4) is 0 Å². The minimum atomic E-state index is -0.116. The zero-order valence-electron chi connectivity index (χ0n) is 20.9. The van der Waals surface area contributed by atoms with Crippen LogP contribution in [0.1, 0.15) is 89.5 Å². The average Bonchev–Trinajstić information content (AvgIpc) is 2.73. The van der Waals surface area contributed by atoms with Gasteiger partial charge in [-0.2, -0.15) is 0 Å². The van der Waals surface area contributed by atoms with E-state index in [9.17, 15) is 4.39 Å². The van der Waals surface area contributed by atoms with Gasteiger partial charge >= 0.3 is 0 Å². The molecule has 0 unspecified atom stereocenters. The second-order valence-electron chi connectivity index (χ2n) is 7.77. The average molecular weight is 403 g/mol. The minimum absolute atomic E-state index is 0.116. The highest BCUT2D eigenvalue weighted by Gasteiger charge is 2.13. The van der Waals surface area contributed by atoms with Crippen LogP contribution in [0.2, 0.25) is 0 Å². The van der Waals surface area contributed by atoms with E-state index in [-0.39, 0.29) is 5.82 Å². The molecule has 0 nitrogen and oxygen atoms in total. The molecule has 1 heteroatoms. The normalized spacial score (nSPS) is 16.9. The molecular formula is C28H47F. The summed E-state index contributed by atoms with van der Waals surface area (Å²) in [6, 6.07) is 13.7. The number of rotatable bonds is 0. The minimum Gasteiger partial charge on any atom is -0.207 e. The Morgan fingerprint density at radius 3 is 1.17 bits per heavy atom. The van der Waals surface area contributed by atoms with Gasteiger partial charge in [-0.3, -0.25) is 0 Å². The molecule has 0 N–H and O–H groups in total. The molecule has 0 aromatic heterocycles. The fraction of sp³-hybridized carbons (Fsp3) is 0.571. The summed E-state index contributed by atoms with van der Waals surface area (Å²) < 4.78 is 12.6. The second-order valence-corrected chi connectivity index (χ2v) is 7.77. The molecule has 0 spiro atoms. The van der Waals surface area contributed by atoms with Crippen LogP contribution in [-0.2, 0) is 0 Å². The molecule has 0 atom stereocenters. The van der Waals surface area contributed by atoms with Gasteiger partial charge < -0.3 is 0 Å². The number of halogens is 1. The summed E-state index contributed by atoms with van der Waals surface area (Å²) in [5, 5.41) is 0. The Morgan fingerprint density at radius 2 is 0.897 bits per heavy atom. The lowest BCUT2D eigenvalue weighted by Crippen LogP contribution is -2.08. The summed E-state index contributed by atoms with van der Waals surface area (Å²) in [5.74, 6) is 1.92. The van der Waals surface area contributed by atoms with Gasteiger partial charge in [0.1, 0.15) is 5.82 Å². The molecule has 0 heterocycles. The monoisotopic (exact) mass is 402 g/mol. The maximum absolute atomic E-state index is 12.6. The van der Waals surface area contributed by atoms with Crippen molar-refractivity contribution in [3.63, 3.8) is 0 Å². The summed E-state index contributed by atoms with van der Waals surface area (Å²) in [4.78, 5) is 0. The van der Waals surface area contributed by atoms with E-state index in [0.29, 0.717) is 5.56 Å². The molecule has 0 amide bonds. The van der Waals surface area contributed by atoms with Gasteiger partial charge in [0, 0.05) is 0 Å². The summed E-state index contributed by atoms with van der Waals surface area (Å²) in [6.07, 6.45) is 5.89. The molecule has 0 radical (unpaired) electrons. The molecule has 0 saturated heterocycles. The van der Waals surface area contributed by atoms with Crippen LogP contribution >= 0.6 is 0 Å². The van der Waals surface area contributed by atoms with E-state index in [2.05, 4.69) is 52.0 Å². The van der Waals surface area contributed by atoms with E-state index in [1.165, 1.54) is 42.9 Å².